The fraction of sp³-hybridized carbons (Fsp3) is 0.0455. The van der Waals surface area contributed by atoms with Gasteiger partial charge in [-0.2, -0.15) is 0 Å². The van der Waals surface area contributed by atoms with Crippen LogP contribution in [-0.2, 0) is 4.79 Å². The first kappa shape index (κ1) is 17.6. The van der Waals surface area contributed by atoms with E-state index in [1.54, 1.807) is 48.3 Å². The highest BCUT2D eigenvalue weighted by Crippen LogP contribution is 2.20. The smallest absolute Gasteiger partial charge is 0.248 e. The van der Waals surface area contributed by atoms with Gasteiger partial charge < -0.3 is 9.88 Å². The van der Waals surface area contributed by atoms with Crippen molar-refractivity contribution in [2.45, 2.75) is 6.92 Å². The zero-order chi connectivity index (χ0) is 19.5. The number of carbonyl (C=O) groups excluding carboxylic acids is 1. The Balaban J connectivity index is 1.51. The summed E-state index contributed by atoms with van der Waals surface area (Å²) < 4.78 is 16.1. The van der Waals surface area contributed by atoms with E-state index in [0.29, 0.717) is 17.2 Å². The Labute approximate surface area is 161 Å². The van der Waals surface area contributed by atoms with E-state index in [1.165, 1.54) is 12.1 Å². The Hall–Kier alpha value is -3.80. The molecule has 4 rings (SSSR count). The van der Waals surface area contributed by atoms with Crippen LogP contribution in [0.3, 0.4) is 0 Å². The molecule has 1 amide bonds. The lowest BCUT2D eigenvalue weighted by Crippen LogP contribution is -2.08. The molecule has 0 fully saturated rings. The normalized spacial score (nSPS) is 11.2. The summed E-state index contributed by atoms with van der Waals surface area (Å²) in [4.78, 5) is 20.7. The molecular weight excluding hydrogens is 355 g/mol. The van der Waals surface area contributed by atoms with E-state index in [9.17, 15) is 9.18 Å². The van der Waals surface area contributed by atoms with E-state index < -0.39 is 5.82 Å². The summed E-state index contributed by atoms with van der Waals surface area (Å²) in [6, 6.07) is 14.2. The van der Waals surface area contributed by atoms with E-state index in [0.717, 1.165) is 16.5 Å². The Morgan fingerprint density at radius 3 is 2.75 bits per heavy atom. The number of hydrogen-bond acceptors (Lipinski definition) is 3. The number of aromatic nitrogens is 3. The predicted molar refractivity (Wildman–Crippen MR) is 108 cm³/mol. The maximum atomic E-state index is 14.4. The largest absolute Gasteiger partial charge is 0.322 e. The van der Waals surface area contributed by atoms with Crippen LogP contribution in [0, 0.1) is 12.7 Å². The number of imidazole rings is 1. The molecule has 28 heavy (non-hydrogen) atoms. The minimum Gasteiger partial charge on any atom is -0.322 e. The molecule has 138 valence electrons. The van der Waals surface area contributed by atoms with Gasteiger partial charge in [-0.1, -0.05) is 24.3 Å². The number of aryl methyl sites for hydroxylation is 1. The van der Waals surface area contributed by atoms with Crippen molar-refractivity contribution in [2.75, 3.05) is 5.32 Å². The highest BCUT2D eigenvalue weighted by atomic mass is 19.1. The Morgan fingerprint density at radius 1 is 1.11 bits per heavy atom. The molecule has 6 heteroatoms. The fourth-order valence-electron chi connectivity index (χ4n) is 3.02. The van der Waals surface area contributed by atoms with Gasteiger partial charge in [0.15, 0.2) is 0 Å². The molecule has 0 unspecified atom stereocenters. The molecule has 0 radical (unpaired) electrons. The molecule has 2 aromatic heterocycles. The molecule has 1 N–H and O–H groups in total. The summed E-state index contributed by atoms with van der Waals surface area (Å²) >= 11 is 0. The second-order valence-corrected chi connectivity index (χ2v) is 6.26. The first-order valence-corrected chi connectivity index (χ1v) is 8.74. The van der Waals surface area contributed by atoms with Crippen molar-refractivity contribution >= 4 is 28.6 Å². The lowest BCUT2D eigenvalue weighted by atomic mass is 10.1. The fourth-order valence-corrected chi connectivity index (χ4v) is 3.02. The van der Waals surface area contributed by atoms with E-state index in [1.807, 2.05) is 30.3 Å². The van der Waals surface area contributed by atoms with Gasteiger partial charge in [-0.25, -0.2) is 9.37 Å². The number of pyridine rings is 1. The first-order valence-electron chi connectivity index (χ1n) is 8.74. The number of anilines is 1. The van der Waals surface area contributed by atoms with Crippen LogP contribution in [0.4, 0.5) is 10.1 Å². The van der Waals surface area contributed by atoms with Gasteiger partial charge in [-0.05, 0) is 37.3 Å². The standard InChI is InChI=1S/C22H17FN4O/c1-15-24-12-13-27(15)20-9-8-18(14-19(20)23)26-21(28)10-7-17-5-2-4-16-6-3-11-25-22(16)17/h2-14H,1H3,(H,26,28)/b10-7+. The summed E-state index contributed by atoms with van der Waals surface area (Å²) in [5, 5.41) is 3.67. The summed E-state index contributed by atoms with van der Waals surface area (Å²) in [7, 11) is 0. The third kappa shape index (κ3) is 3.53. The number of benzene rings is 2. The number of hydrogen-bond donors (Lipinski definition) is 1. The van der Waals surface area contributed by atoms with Gasteiger partial charge in [0.05, 0.1) is 11.2 Å². The molecule has 4 aromatic rings. The van der Waals surface area contributed by atoms with Crippen LogP contribution in [0.15, 0.2) is 73.2 Å². The van der Waals surface area contributed by atoms with Crippen LogP contribution >= 0.6 is 0 Å². The van der Waals surface area contributed by atoms with Crippen molar-refractivity contribution in [1.82, 2.24) is 14.5 Å². The summed E-state index contributed by atoms with van der Waals surface area (Å²) in [5.41, 5.74) is 2.42. The molecule has 5 nitrogen and oxygen atoms in total. The number of amides is 1. The second-order valence-electron chi connectivity index (χ2n) is 6.26. The molecule has 0 atom stereocenters. The average Bonchev–Trinajstić information content (AvgIpc) is 3.12. The number of fused-ring (bicyclic) bond motifs is 1. The van der Waals surface area contributed by atoms with Gasteiger partial charge in [-0.15, -0.1) is 0 Å². The van der Waals surface area contributed by atoms with Gasteiger partial charge in [0.25, 0.3) is 0 Å². The van der Waals surface area contributed by atoms with Gasteiger partial charge in [0.1, 0.15) is 11.6 Å². The van der Waals surface area contributed by atoms with Gasteiger partial charge in [0.2, 0.25) is 5.91 Å². The van der Waals surface area contributed by atoms with Crippen LogP contribution in [0.2, 0.25) is 0 Å². The number of rotatable bonds is 4. The van der Waals surface area contributed by atoms with E-state index in [4.69, 9.17) is 0 Å². The van der Waals surface area contributed by atoms with Crippen LogP contribution in [0.1, 0.15) is 11.4 Å². The number of para-hydroxylation sites is 1. The van der Waals surface area contributed by atoms with Crippen molar-refractivity contribution < 1.29 is 9.18 Å². The van der Waals surface area contributed by atoms with E-state index in [-0.39, 0.29) is 5.91 Å². The molecular formula is C22H17FN4O. The topological polar surface area (TPSA) is 59.8 Å². The lowest BCUT2D eigenvalue weighted by Gasteiger charge is -2.09. The lowest BCUT2D eigenvalue weighted by molar-refractivity contribution is -0.111. The van der Waals surface area contributed by atoms with Crippen molar-refractivity contribution in [3.8, 4) is 5.69 Å². The molecule has 0 spiro atoms. The minimum absolute atomic E-state index is 0.348. The molecule has 0 aliphatic carbocycles. The number of nitrogens with zero attached hydrogens (tertiary/aromatic N) is 3. The number of carbonyl (C=O) groups is 1. The summed E-state index contributed by atoms with van der Waals surface area (Å²) in [6.07, 6.45) is 8.12. The molecule has 0 aliphatic heterocycles. The van der Waals surface area contributed by atoms with E-state index in [2.05, 4.69) is 15.3 Å². The molecule has 0 bridgehead atoms. The molecule has 2 heterocycles. The molecule has 0 aliphatic rings. The monoisotopic (exact) mass is 372 g/mol. The van der Waals surface area contributed by atoms with Crippen molar-refractivity contribution in [2.24, 2.45) is 0 Å². The molecule has 0 saturated carbocycles. The zero-order valence-corrected chi connectivity index (χ0v) is 15.1. The number of halogens is 1. The summed E-state index contributed by atoms with van der Waals surface area (Å²) in [6.45, 7) is 1.79. The third-order valence-corrected chi connectivity index (χ3v) is 4.38. The van der Waals surface area contributed by atoms with Crippen LogP contribution in [0.25, 0.3) is 22.7 Å². The third-order valence-electron chi connectivity index (χ3n) is 4.38. The Morgan fingerprint density at radius 2 is 1.96 bits per heavy atom. The predicted octanol–water partition coefficient (Wildman–Crippen LogP) is 4.52. The minimum atomic E-state index is -0.443. The quantitative estimate of drug-likeness (QED) is 0.536. The van der Waals surface area contributed by atoms with Crippen molar-refractivity contribution in [3.63, 3.8) is 0 Å². The van der Waals surface area contributed by atoms with E-state index >= 15 is 0 Å². The SMILES string of the molecule is Cc1nccn1-c1ccc(NC(=O)/C=C/c2cccc3cccnc23)cc1F. The zero-order valence-electron chi connectivity index (χ0n) is 15.1. The van der Waals surface area contributed by atoms with Crippen LogP contribution in [-0.4, -0.2) is 20.4 Å². The first-order chi connectivity index (χ1) is 13.6. The maximum Gasteiger partial charge on any atom is 0.248 e. The summed E-state index contributed by atoms with van der Waals surface area (Å²) in [5.74, 6) is -0.109. The second kappa shape index (κ2) is 7.44. The van der Waals surface area contributed by atoms with Crippen LogP contribution < -0.4 is 5.32 Å². The highest BCUT2D eigenvalue weighted by molar-refractivity contribution is 6.03. The Bertz CT molecular complexity index is 1190. The van der Waals surface area contributed by atoms with Gasteiger partial charge in [-0.3, -0.25) is 9.78 Å². The van der Waals surface area contributed by atoms with Crippen molar-refractivity contribution in [3.05, 3.63) is 90.4 Å². The van der Waals surface area contributed by atoms with Crippen LogP contribution in [0.5, 0.6) is 0 Å². The average molecular weight is 372 g/mol. The Kier molecular flexibility index (Phi) is 4.68. The molecule has 0 saturated heterocycles. The van der Waals surface area contributed by atoms with Crippen molar-refractivity contribution in [1.29, 1.82) is 0 Å². The maximum absolute atomic E-state index is 14.4. The van der Waals surface area contributed by atoms with Gasteiger partial charge in [0, 0.05) is 41.3 Å². The molecule has 2 aromatic carbocycles. The highest BCUT2D eigenvalue weighted by Gasteiger charge is 2.09. The number of nitrogens with one attached hydrogen (secondary N) is 1. The van der Waals surface area contributed by atoms with Gasteiger partial charge >= 0.3 is 0 Å².